The number of benzene rings is 3. The van der Waals surface area contributed by atoms with Crippen molar-refractivity contribution in [2.24, 2.45) is 0 Å². The summed E-state index contributed by atoms with van der Waals surface area (Å²) in [5.74, 6) is 0.588. The van der Waals surface area contributed by atoms with Crippen LogP contribution < -0.4 is 10.1 Å². The lowest BCUT2D eigenvalue weighted by Crippen LogP contribution is -2.21. The van der Waals surface area contributed by atoms with E-state index in [4.69, 9.17) is 9.47 Å². The number of nitrogens with one attached hydrogen (secondary N) is 1. The molecule has 0 atom stereocenters. The summed E-state index contributed by atoms with van der Waals surface area (Å²) >= 11 is 1.56. The molecule has 7 heteroatoms. The molecule has 1 heterocycles. The Morgan fingerprint density at radius 3 is 2.28 bits per heavy atom. The van der Waals surface area contributed by atoms with E-state index in [1.165, 1.54) is 5.56 Å². The summed E-state index contributed by atoms with van der Waals surface area (Å²) in [6.07, 6.45) is 1.72. The minimum absolute atomic E-state index is 0.128. The summed E-state index contributed by atoms with van der Waals surface area (Å²) < 4.78 is 12.1. The third-order valence-electron chi connectivity index (χ3n) is 6.14. The molecular formula is C29H30N2O4S. The van der Waals surface area contributed by atoms with Crippen LogP contribution in [-0.4, -0.2) is 23.5 Å². The second kappa shape index (κ2) is 11.4. The number of amides is 1. The van der Waals surface area contributed by atoms with Crippen molar-refractivity contribution in [1.82, 2.24) is 4.98 Å². The quantitative estimate of drug-likeness (QED) is 0.239. The number of carbonyl (C=O) groups is 2. The van der Waals surface area contributed by atoms with Crippen molar-refractivity contribution in [1.29, 1.82) is 0 Å². The van der Waals surface area contributed by atoms with Crippen LogP contribution in [0.2, 0.25) is 0 Å². The van der Waals surface area contributed by atoms with Crippen LogP contribution in [0, 0.1) is 0 Å². The average molecular weight is 503 g/mol. The fourth-order valence-corrected chi connectivity index (χ4v) is 4.54. The fraction of sp³-hybridized carbons (Fsp3) is 0.276. The minimum atomic E-state index is -0.429. The van der Waals surface area contributed by atoms with Crippen molar-refractivity contribution in [3.8, 4) is 11.5 Å². The number of ether oxygens (including phenoxy) is 2. The van der Waals surface area contributed by atoms with E-state index in [1.807, 2.05) is 36.4 Å². The van der Waals surface area contributed by atoms with Gasteiger partial charge in [-0.05, 0) is 65.9 Å². The van der Waals surface area contributed by atoms with E-state index in [0.29, 0.717) is 17.9 Å². The van der Waals surface area contributed by atoms with Gasteiger partial charge in [0.25, 0.3) is 5.91 Å². The molecule has 6 nitrogen and oxygen atoms in total. The Kier molecular flexibility index (Phi) is 8.00. The third-order valence-corrected chi connectivity index (χ3v) is 7.24. The van der Waals surface area contributed by atoms with Crippen molar-refractivity contribution < 1.29 is 19.1 Å². The Hall–Kier alpha value is -3.71. The van der Waals surface area contributed by atoms with Crippen LogP contribution >= 0.6 is 11.3 Å². The van der Waals surface area contributed by atoms with E-state index >= 15 is 0 Å². The number of aryl methyl sites for hydroxylation is 1. The monoisotopic (exact) mass is 502 g/mol. The highest BCUT2D eigenvalue weighted by Crippen LogP contribution is 2.30. The van der Waals surface area contributed by atoms with Gasteiger partial charge in [0.05, 0.1) is 21.6 Å². The smallest absolute Gasteiger partial charge is 0.306 e. The first-order valence-corrected chi connectivity index (χ1v) is 12.8. The van der Waals surface area contributed by atoms with Gasteiger partial charge in [-0.3, -0.25) is 9.59 Å². The molecule has 4 rings (SSSR count). The van der Waals surface area contributed by atoms with Crippen molar-refractivity contribution in [2.45, 2.75) is 45.4 Å². The summed E-state index contributed by atoms with van der Waals surface area (Å²) in [6.45, 7) is 6.29. The van der Waals surface area contributed by atoms with Crippen molar-refractivity contribution in [3.05, 3.63) is 83.4 Å². The van der Waals surface area contributed by atoms with E-state index in [1.54, 1.807) is 35.6 Å². The molecule has 3 aromatic carbocycles. The van der Waals surface area contributed by atoms with E-state index < -0.39 is 11.9 Å². The number of hydrogen-bond acceptors (Lipinski definition) is 6. The highest BCUT2D eigenvalue weighted by atomic mass is 32.1. The maximum Gasteiger partial charge on any atom is 0.306 e. The van der Waals surface area contributed by atoms with Crippen LogP contribution in [0.3, 0.4) is 0 Å². The molecule has 0 unspecified atom stereocenters. The molecule has 1 amide bonds. The highest BCUT2D eigenvalue weighted by Gasteiger charge is 2.17. The number of aromatic nitrogens is 1. The summed E-state index contributed by atoms with van der Waals surface area (Å²) in [4.78, 5) is 28.8. The lowest BCUT2D eigenvalue weighted by atomic mass is 9.82. The van der Waals surface area contributed by atoms with E-state index in [2.05, 4.69) is 43.2 Å². The van der Waals surface area contributed by atoms with Gasteiger partial charge in [0.2, 0.25) is 0 Å². The second-order valence-electron chi connectivity index (χ2n) is 9.17. The molecule has 4 aromatic rings. The normalized spacial score (nSPS) is 11.3. The summed E-state index contributed by atoms with van der Waals surface area (Å²) in [5, 5.41) is 3.60. The van der Waals surface area contributed by atoms with Crippen molar-refractivity contribution >= 4 is 39.1 Å². The van der Waals surface area contributed by atoms with Gasteiger partial charge in [-0.25, -0.2) is 4.98 Å². The number of anilines is 1. The molecule has 0 aliphatic rings. The first kappa shape index (κ1) is 25.4. The number of hydrogen-bond donors (Lipinski definition) is 1. The Balaban J connectivity index is 1.20. The SMILES string of the molecule is CCC(C)(C)c1ccc(Oc2ccc(NC(=O)COC(=O)CCc3nc4ccccc4s3)cc2)cc1. The van der Waals surface area contributed by atoms with Gasteiger partial charge in [-0.15, -0.1) is 11.3 Å². The number of rotatable bonds is 10. The standard InChI is InChI=1S/C29H30N2O4S/c1-4-29(2,3)20-9-13-22(14-10-20)35-23-15-11-21(12-16-23)30-26(32)19-34-28(33)18-17-27-31-24-7-5-6-8-25(24)36-27/h5-16H,4,17-19H2,1-3H3,(H,30,32). The molecule has 186 valence electrons. The number of fused-ring (bicyclic) bond motifs is 1. The first-order valence-electron chi connectivity index (χ1n) is 12.0. The summed E-state index contributed by atoms with van der Waals surface area (Å²) in [5.41, 5.74) is 2.92. The van der Waals surface area contributed by atoms with Gasteiger partial charge in [0.15, 0.2) is 6.61 Å². The number of para-hydroxylation sites is 1. The largest absolute Gasteiger partial charge is 0.457 e. The molecule has 0 aliphatic heterocycles. The molecule has 0 bridgehead atoms. The van der Waals surface area contributed by atoms with Crippen molar-refractivity contribution in [2.75, 3.05) is 11.9 Å². The van der Waals surface area contributed by atoms with Gasteiger partial charge < -0.3 is 14.8 Å². The molecule has 1 aromatic heterocycles. The Morgan fingerprint density at radius 1 is 0.944 bits per heavy atom. The van der Waals surface area contributed by atoms with Gasteiger partial charge in [0.1, 0.15) is 11.5 Å². The van der Waals surface area contributed by atoms with Crippen molar-refractivity contribution in [3.63, 3.8) is 0 Å². The van der Waals surface area contributed by atoms with Gasteiger partial charge in [-0.1, -0.05) is 45.0 Å². The van der Waals surface area contributed by atoms with Crippen LogP contribution in [0.25, 0.3) is 10.2 Å². The molecule has 36 heavy (non-hydrogen) atoms. The van der Waals surface area contributed by atoms with Crippen LogP contribution in [0.4, 0.5) is 5.69 Å². The lowest BCUT2D eigenvalue weighted by molar-refractivity contribution is -0.147. The number of thiazole rings is 1. The Labute approximate surface area is 215 Å². The van der Waals surface area contributed by atoms with E-state index in [0.717, 1.165) is 27.4 Å². The van der Waals surface area contributed by atoms with Crippen LogP contribution in [0.5, 0.6) is 11.5 Å². The van der Waals surface area contributed by atoms with Crippen LogP contribution in [0.15, 0.2) is 72.8 Å². The highest BCUT2D eigenvalue weighted by molar-refractivity contribution is 7.18. The van der Waals surface area contributed by atoms with Gasteiger partial charge in [0, 0.05) is 12.1 Å². The Bertz CT molecular complexity index is 1290. The van der Waals surface area contributed by atoms with E-state index in [9.17, 15) is 9.59 Å². The fourth-order valence-electron chi connectivity index (χ4n) is 3.57. The zero-order valence-electron chi connectivity index (χ0n) is 20.7. The molecule has 0 saturated heterocycles. The molecule has 0 radical (unpaired) electrons. The zero-order chi connectivity index (χ0) is 25.5. The number of esters is 1. The molecule has 0 spiro atoms. The summed E-state index contributed by atoms with van der Waals surface area (Å²) in [6, 6.07) is 23.0. The molecule has 0 aliphatic carbocycles. The number of carbonyl (C=O) groups excluding carboxylic acids is 2. The second-order valence-corrected chi connectivity index (χ2v) is 10.3. The van der Waals surface area contributed by atoms with Crippen LogP contribution in [0.1, 0.15) is 44.2 Å². The maximum atomic E-state index is 12.2. The zero-order valence-corrected chi connectivity index (χ0v) is 21.6. The summed E-state index contributed by atoms with van der Waals surface area (Å²) in [7, 11) is 0. The molecular weight excluding hydrogens is 472 g/mol. The topological polar surface area (TPSA) is 77.5 Å². The third kappa shape index (κ3) is 6.70. The van der Waals surface area contributed by atoms with E-state index in [-0.39, 0.29) is 18.4 Å². The average Bonchev–Trinajstić information content (AvgIpc) is 3.31. The predicted octanol–water partition coefficient (Wildman–Crippen LogP) is 6.89. The maximum absolute atomic E-state index is 12.2. The first-order chi connectivity index (χ1) is 17.3. The lowest BCUT2D eigenvalue weighted by Gasteiger charge is -2.23. The Morgan fingerprint density at radius 2 is 1.61 bits per heavy atom. The molecule has 0 saturated carbocycles. The van der Waals surface area contributed by atoms with Crippen LogP contribution in [-0.2, 0) is 26.2 Å². The van der Waals surface area contributed by atoms with Gasteiger partial charge in [-0.2, -0.15) is 0 Å². The molecule has 0 fully saturated rings. The molecule has 1 N–H and O–H groups in total. The predicted molar refractivity (Wildman–Crippen MR) is 144 cm³/mol. The number of nitrogens with zero attached hydrogens (tertiary/aromatic N) is 1. The minimum Gasteiger partial charge on any atom is -0.457 e. The van der Waals surface area contributed by atoms with Gasteiger partial charge >= 0.3 is 5.97 Å².